The number of hydrogen-bond acceptors (Lipinski definition) is 5. The van der Waals surface area contributed by atoms with Gasteiger partial charge >= 0.3 is 5.97 Å². The van der Waals surface area contributed by atoms with Gasteiger partial charge in [0.2, 0.25) is 0 Å². The summed E-state index contributed by atoms with van der Waals surface area (Å²) in [5.74, 6) is -0.898. The molecule has 0 fully saturated rings. The number of nitrogens with one attached hydrogen (secondary N) is 3. The molecule has 4 aromatic rings. The maximum atomic E-state index is 13.2. The molecular weight excluding hydrogens is 540 g/mol. The monoisotopic (exact) mass is 568 g/mol. The Labute approximate surface area is 242 Å². The molecule has 9 heteroatoms. The molecule has 1 atom stereocenters. The first kappa shape index (κ1) is 27.7. The SMILES string of the molecule is COc1ccc(-c2cc(C(=O)NCc3ccc(Cl)cc3)ccc2CC2CNc3ccc(C(=N)N)cc32)c(C(=O)O)c1. The Morgan fingerprint density at radius 3 is 2.49 bits per heavy atom. The lowest BCUT2D eigenvalue weighted by Crippen LogP contribution is -2.23. The molecular formula is C32H29ClN4O4. The lowest BCUT2D eigenvalue weighted by Gasteiger charge is -2.18. The Morgan fingerprint density at radius 1 is 1.02 bits per heavy atom. The number of fused-ring (bicyclic) bond motifs is 1. The van der Waals surface area contributed by atoms with Crippen LogP contribution in [0.25, 0.3) is 11.1 Å². The molecule has 1 heterocycles. The molecule has 1 amide bonds. The van der Waals surface area contributed by atoms with Crippen LogP contribution >= 0.6 is 11.6 Å². The van der Waals surface area contributed by atoms with Crippen LogP contribution in [0.4, 0.5) is 5.69 Å². The van der Waals surface area contributed by atoms with Crippen molar-refractivity contribution in [3.63, 3.8) is 0 Å². The second kappa shape index (κ2) is 11.7. The number of nitrogens with two attached hydrogens (primary N) is 1. The summed E-state index contributed by atoms with van der Waals surface area (Å²) in [7, 11) is 1.48. The van der Waals surface area contributed by atoms with Gasteiger partial charge in [0.05, 0.1) is 12.7 Å². The number of hydrogen-bond donors (Lipinski definition) is 5. The lowest BCUT2D eigenvalue weighted by molar-refractivity contribution is 0.0697. The number of benzene rings is 4. The van der Waals surface area contributed by atoms with Crippen molar-refractivity contribution in [1.82, 2.24) is 5.32 Å². The van der Waals surface area contributed by atoms with E-state index in [4.69, 9.17) is 27.5 Å². The van der Waals surface area contributed by atoms with Crippen LogP contribution in [0.15, 0.2) is 78.9 Å². The van der Waals surface area contributed by atoms with E-state index in [9.17, 15) is 14.7 Å². The summed E-state index contributed by atoms with van der Waals surface area (Å²) in [6, 6.07) is 23.2. The second-order valence-corrected chi connectivity index (χ2v) is 10.3. The summed E-state index contributed by atoms with van der Waals surface area (Å²) >= 11 is 5.97. The molecule has 0 radical (unpaired) electrons. The van der Waals surface area contributed by atoms with Gasteiger partial charge in [-0.15, -0.1) is 0 Å². The minimum atomic E-state index is -1.10. The molecule has 0 spiro atoms. The number of anilines is 1. The van der Waals surface area contributed by atoms with Crippen LogP contribution in [-0.4, -0.2) is 36.5 Å². The summed E-state index contributed by atoms with van der Waals surface area (Å²) < 4.78 is 5.28. The molecule has 5 rings (SSSR count). The normalized spacial score (nSPS) is 13.7. The van der Waals surface area contributed by atoms with Crippen molar-refractivity contribution in [2.24, 2.45) is 5.73 Å². The van der Waals surface area contributed by atoms with Gasteiger partial charge in [-0.3, -0.25) is 10.2 Å². The van der Waals surface area contributed by atoms with Crippen LogP contribution in [-0.2, 0) is 13.0 Å². The first-order valence-electron chi connectivity index (χ1n) is 13.0. The smallest absolute Gasteiger partial charge is 0.336 e. The van der Waals surface area contributed by atoms with Crippen molar-refractivity contribution in [2.75, 3.05) is 19.0 Å². The average Bonchev–Trinajstić information content (AvgIpc) is 3.38. The number of nitrogen functional groups attached to an aromatic ring is 1. The third-order valence-electron chi connectivity index (χ3n) is 7.29. The molecule has 208 valence electrons. The third kappa shape index (κ3) is 6.02. The molecule has 4 aromatic carbocycles. The van der Waals surface area contributed by atoms with Crippen molar-refractivity contribution in [3.8, 4) is 16.9 Å². The summed E-state index contributed by atoms with van der Waals surface area (Å²) in [5, 5.41) is 24.9. The van der Waals surface area contributed by atoms with E-state index >= 15 is 0 Å². The highest BCUT2D eigenvalue weighted by Crippen LogP contribution is 2.38. The summed E-state index contributed by atoms with van der Waals surface area (Å²) in [6.07, 6.45) is 0.578. The molecule has 0 bridgehead atoms. The molecule has 0 aromatic heterocycles. The van der Waals surface area contributed by atoms with Gasteiger partial charge in [-0.05, 0) is 94.9 Å². The highest BCUT2D eigenvalue weighted by Gasteiger charge is 2.26. The van der Waals surface area contributed by atoms with Crippen molar-refractivity contribution < 1.29 is 19.4 Å². The molecule has 0 saturated carbocycles. The molecule has 0 saturated heterocycles. The molecule has 1 aliphatic rings. The van der Waals surface area contributed by atoms with Gasteiger partial charge in [-0.25, -0.2) is 4.79 Å². The summed E-state index contributed by atoms with van der Waals surface area (Å²) in [6.45, 7) is 0.993. The number of rotatable bonds is 9. The number of carboxylic acid groups (broad SMARTS) is 1. The Hall–Kier alpha value is -4.82. The molecule has 6 N–H and O–H groups in total. The lowest BCUT2D eigenvalue weighted by atomic mass is 9.86. The molecule has 1 aliphatic heterocycles. The third-order valence-corrected chi connectivity index (χ3v) is 7.55. The summed E-state index contributed by atoms with van der Waals surface area (Å²) in [4.78, 5) is 25.5. The molecule has 41 heavy (non-hydrogen) atoms. The van der Waals surface area contributed by atoms with E-state index in [-0.39, 0.29) is 23.2 Å². The van der Waals surface area contributed by atoms with Gasteiger partial charge in [0, 0.05) is 40.8 Å². The van der Waals surface area contributed by atoms with Crippen LogP contribution in [0.1, 0.15) is 48.9 Å². The van der Waals surface area contributed by atoms with Crippen LogP contribution in [0.5, 0.6) is 5.75 Å². The van der Waals surface area contributed by atoms with Gasteiger partial charge in [0.1, 0.15) is 11.6 Å². The second-order valence-electron chi connectivity index (χ2n) is 9.90. The van der Waals surface area contributed by atoms with Crippen LogP contribution in [0.3, 0.4) is 0 Å². The van der Waals surface area contributed by atoms with Crippen molar-refractivity contribution >= 4 is 35.0 Å². The van der Waals surface area contributed by atoms with Gasteiger partial charge in [0.25, 0.3) is 5.91 Å². The Morgan fingerprint density at radius 2 is 1.78 bits per heavy atom. The fourth-order valence-electron chi connectivity index (χ4n) is 5.11. The van der Waals surface area contributed by atoms with Gasteiger partial charge in [-0.2, -0.15) is 0 Å². The zero-order chi connectivity index (χ0) is 29.1. The van der Waals surface area contributed by atoms with Crippen LogP contribution in [0, 0.1) is 5.41 Å². The number of aromatic carboxylic acids is 1. The fraction of sp³-hybridized carbons (Fsp3) is 0.156. The van der Waals surface area contributed by atoms with E-state index in [1.165, 1.54) is 13.2 Å². The van der Waals surface area contributed by atoms with Gasteiger partial charge in [0.15, 0.2) is 0 Å². The first-order valence-corrected chi connectivity index (χ1v) is 13.4. The summed E-state index contributed by atoms with van der Waals surface area (Å²) in [5.41, 5.74) is 11.8. The molecule has 1 unspecified atom stereocenters. The van der Waals surface area contributed by atoms with Gasteiger partial charge < -0.3 is 26.2 Å². The van der Waals surface area contributed by atoms with Crippen LogP contribution < -0.4 is 21.1 Å². The molecule has 0 aliphatic carbocycles. The largest absolute Gasteiger partial charge is 0.497 e. The van der Waals surface area contributed by atoms with Gasteiger partial charge in [-0.1, -0.05) is 29.8 Å². The highest BCUT2D eigenvalue weighted by molar-refractivity contribution is 6.30. The minimum Gasteiger partial charge on any atom is -0.497 e. The van der Waals surface area contributed by atoms with Crippen molar-refractivity contribution in [3.05, 3.63) is 117 Å². The highest BCUT2D eigenvalue weighted by atomic mass is 35.5. The number of amides is 1. The predicted molar refractivity (Wildman–Crippen MR) is 160 cm³/mol. The number of halogens is 1. The van der Waals surface area contributed by atoms with E-state index in [2.05, 4.69) is 10.6 Å². The number of carbonyl (C=O) groups excluding carboxylic acids is 1. The standard InChI is InChI=1S/C32H29ClN4O4/c1-41-24-9-10-25(28(15-24)32(39)40)26-14-21(31(38)37-16-18-2-7-23(33)8-3-18)5-4-19(26)12-22-17-36-29-11-6-20(30(34)35)13-27(22)29/h2-11,13-15,22,36H,12,16-17H2,1H3,(H3,34,35)(H,37,38)(H,39,40). The number of ether oxygens (including phenoxy) is 1. The zero-order valence-corrected chi connectivity index (χ0v) is 23.1. The van der Waals surface area contributed by atoms with E-state index in [0.717, 1.165) is 22.4 Å². The Bertz CT molecular complexity index is 1650. The number of carbonyl (C=O) groups is 2. The predicted octanol–water partition coefficient (Wildman–Crippen LogP) is 5.68. The van der Waals surface area contributed by atoms with E-state index in [1.54, 1.807) is 36.4 Å². The van der Waals surface area contributed by atoms with E-state index in [0.29, 0.717) is 52.5 Å². The number of methoxy groups -OCH3 is 1. The number of carboxylic acids is 1. The zero-order valence-electron chi connectivity index (χ0n) is 22.3. The van der Waals surface area contributed by atoms with E-state index < -0.39 is 5.97 Å². The molecule has 8 nitrogen and oxygen atoms in total. The van der Waals surface area contributed by atoms with Crippen LogP contribution in [0.2, 0.25) is 5.02 Å². The Kier molecular flexibility index (Phi) is 7.94. The maximum absolute atomic E-state index is 13.2. The minimum absolute atomic E-state index is 0.00237. The van der Waals surface area contributed by atoms with E-state index in [1.807, 2.05) is 36.4 Å². The van der Waals surface area contributed by atoms with Crippen molar-refractivity contribution in [1.29, 1.82) is 5.41 Å². The number of amidine groups is 1. The topological polar surface area (TPSA) is 138 Å². The van der Waals surface area contributed by atoms with Crippen molar-refractivity contribution in [2.45, 2.75) is 18.9 Å². The fourth-order valence-corrected chi connectivity index (χ4v) is 5.24. The first-order chi connectivity index (χ1) is 19.7. The quantitative estimate of drug-likeness (QED) is 0.130. The average molecular weight is 569 g/mol. The maximum Gasteiger partial charge on any atom is 0.336 e. The Balaban J connectivity index is 1.52.